The van der Waals surface area contributed by atoms with Gasteiger partial charge in [-0.3, -0.25) is 9.59 Å². The molecule has 1 unspecified atom stereocenters. The van der Waals surface area contributed by atoms with E-state index >= 15 is 0 Å². The Morgan fingerprint density at radius 1 is 1.04 bits per heavy atom. The summed E-state index contributed by atoms with van der Waals surface area (Å²) < 4.78 is 25.9. The van der Waals surface area contributed by atoms with Gasteiger partial charge in [0.05, 0.1) is 0 Å². The molecule has 3 aromatic rings. The van der Waals surface area contributed by atoms with Crippen molar-refractivity contribution in [3.63, 3.8) is 0 Å². The van der Waals surface area contributed by atoms with E-state index in [0.29, 0.717) is 53.3 Å². The third kappa shape index (κ3) is 10.1. The average Bonchev–Trinajstić information content (AvgIpc) is 3.54. The van der Waals surface area contributed by atoms with Crippen LogP contribution >= 0.6 is 23.5 Å². The molecule has 0 saturated carbocycles. The number of esters is 1. The zero-order chi connectivity index (χ0) is 33.2. The Kier molecular flexibility index (Phi) is 12.7. The highest BCUT2D eigenvalue weighted by atomic mass is 32.2. The highest BCUT2D eigenvalue weighted by molar-refractivity contribution is 8.14. The number of hydrogen-bond acceptors (Lipinski definition) is 9. The minimum Gasteiger partial charge on any atom is -0.492 e. The van der Waals surface area contributed by atoms with Crippen LogP contribution in [-0.2, 0) is 9.53 Å². The lowest BCUT2D eigenvalue weighted by atomic mass is 9.98. The number of nitrogens with zero attached hydrogens (tertiary/aromatic N) is 1. The van der Waals surface area contributed by atoms with E-state index in [4.69, 9.17) is 9.47 Å². The summed E-state index contributed by atoms with van der Waals surface area (Å²) in [5.41, 5.74) is 2.25. The number of carbonyl (C=O) groups is 3. The van der Waals surface area contributed by atoms with Crippen molar-refractivity contribution >= 4 is 40.5 Å². The molecule has 2 fully saturated rings. The largest absolute Gasteiger partial charge is 0.492 e. The van der Waals surface area contributed by atoms with Gasteiger partial charge in [-0.1, -0.05) is 54.2 Å². The molecule has 2 aliphatic rings. The molecule has 8 nitrogen and oxygen atoms in total. The molecule has 0 radical (unpaired) electrons. The standard InChI is InChI=1S/C36H42FN3O5S2/c1-40-17-14-28(15-18-40)45-35(42)33(16-19-46-2)39-34(41)31-13-12-29(21-32(31)24-8-10-26(37)11-9-24)44-23-27-20-30(22-38-27)47-36(43)25-6-4-3-5-7-25/h3-13,21,27-28,30,33,38H,14-20,22-23H2,1-2H3,(H,39,41)/t27-,30-,33?/m0/s1. The number of likely N-dealkylation sites (tertiary alicyclic amines) is 1. The van der Waals surface area contributed by atoms with Crippen molar-refractivity contribution in [3.05, 3.63) is 89.7 Å². The normalized spacial score (nSPS) is 19.2. The SMILES string of the molecule is CSCCC(NC(=O)c1ccc(OC[C@@H]2C[C@H](SC(=O)c3ccccc3)CN2)cc1-c1ccc(F)cc1)C(=O)OC1CCN(C)CC1. The highest BCUT2D eigenvalue weighted by Gasteiger charge is 2.29. The molecular weight excluding hydrogens is 638 g/mol. The van der Waals surface area contributed by atoms with Crippen molar-refractivity contribution in [2.75, 3.05) is 45.3 Å². The summed E-state index contributed by atoms with van der Waals surface area (Å²) in [7, 11) is 2.05. The molecule has 11 heteroatoms. The maximum Gasteiger partial charge on any atom is 0.328 e. The fourth-order valence-electron chi connectivity index (χ4n) is 5.74. The number of piperidine rings is 1. The highest BCUT2D eigenvalue weighted by Crippen LogP contribution is 2.30. The predicted molar refractivity (Wildman–Crippen MR) is 187 cm³/mol. The smallest absolute Gasteiger partial charge is 0.328 e. The molecule has 0 aliphatic carbocycles. The van der Waals surface area contributed by atoms with Crippen LogP contribution in [-0.4, -0.2) is 90.6 Å². The van der Waals surface area contributed by atoms with Gasteiger partial charge in [0, 0.05) is 42.1 Å². The number of benzene rings is 3. The summed E-state index contributed by atoms with van der Waals surface area (Å²) >= 11 is 2.94. The Hall–Kier alpha value is -3.38. The summed E-state index contributed by atoms with van der Waals surface area (Å²) in [6.07, 6.45) is 4.55. The molecule has 0 aromatic heterocycles. The monoisotopic (exact) mass is 679 g/mol. The molecule has 3 atom stereocenters. The van der Waals surface area contributed by atoms with Crippen LogP contribution in [0.3, 0.4) is 0 Å². The molecular formula is C36H42FN3O5S2. The molecule has 2 N–H and O–H groups in total. The number of ether oxygens (including phenoxy) is 2. The number of hydrogen-bond donors (Lipinski definition) is 2. The van der Waals surface area contributed by atoms with Gasteiger partial charge in [0.25, 0.3) is 5.91 Å². The lowest BCUT2D eigenvalue weighted by Gasteiger charge is -2.30. The second-order valence-corrected chi connectivity index (χ2v) is 14.3. The summed E-state index contributed by atoms with van der Waals surface area (Å²) in [6, 6.07) is 19.7. The molecule has 0 bridgehead atoms. The summed E-state index contributed by atoms with van der Waals surface area (Å²) in [4.78, 5) is 41.8. The zero-order valence-corrected chi connectivity index (χ0v) is 28.4. The number of carbonyl (C=O) groups excluding carboxylic acids is 3. The van der Waals surface area contributed by atoms with Crippen LogP contribution in [0, 0.1) is 5.82 Å². The first kappa shape index (κ1) is 34.9. The van der Waals surface area contributed by atoms with E-state index in [-0.39, 0.29) is 28.3 Å². The average molecular weight is 680 g/mol. The summed E-state index contributed by atoms with van der Waals surface area (Å²) in [6.45, 7) is 2.80. The van der Waals surface area contributed by atoms with E-state index in [2.05, 4.69) is 15.5 Å². The van der Waals surface area contributed by atoms with Gasteiger partial charge in [-0.05, 0) is 86.2 Å². The van der Waals surface area contributed by atoms with Crippen LogP contribution in [0.5, 0.6) is 5.75 Å². The van der Waals surface area contributed by atoms with Crippen LogP contribution in [0.1, 0.15) is 46.4 Å². The lowest BCUT2D eigenvalue weighted by molar-refractivity contribution is -0.153. The van der Waals surface area contributed by atoms with Crippen LogP contribution in [0.15, 0.2) is 72.8 Å². The van der Waals surface area contributed by atoms with Crippen LogP contribution in [0.2, 0.25) is 0 Å². The first-order valence-electron chi connectivity index (χ1n) is 16.0. The van der Waals surface area contributed by atoms with Crippen LogP contribution in [0.25, 0.3) is 11.1 Å². The number of nitrogens with one attached hydrogen (secondary N) is 2. The number of thioether (sulfide) groups is 2. The van der Waals surface area contributed by atoms with Crippen molar-refractivity contribution < 1.29 is 28.2 Å². The maximum atomic E-state index is 13.8. The second-order valence-electron chi connectivity index (χ2n) is 12.0. The van der Waals surface area contributed by atoms with Gasteiger partial charge in [-0.15, -0.1) is 0 Å². The van der Waals surface area contributed by atoms with E-state index in [1.807, 2.05) is 43.6 Å². The molecule has 2 heterocycles. The third-order valence-electron chi connectivity index (χ3n) is 8.46. The third-order valence-corrected chi connectivity index (χ3v) is 10.2. The first-order valence-corrected chi connectivity index (χ1v) is 18.3. The molecule has 5 rings (SSSR count). The summed E-state index contributed by atoms with van der Waals surface area (Å²) in [5.74, 6) is 0.0187. The Morgan fingerprint density at radius 2 is 1.79 bits per heavy atom. The maximum absolute atomic E-state index is 13.8. The van der Waals surface area contributed by atoms with E-state index in [0.717, 1.165) is 32.4 Å². The Balaban J connectivity index is 1.25. The van der Waals surface area contributed by atoms with Crippen molar-refractivity contribution in [2.45, 2.75) is 49.1 Å². The van der Waals surface area contributed by atoms with Crippen LogP contribution in [0.4, 0.5) is 4.39 Å². The molecule has 250 valence electrons. The Morgan fingerprint density at radius 3 is 2.51 bits per heavy atom. The van der Waals surface area contributed by atoms with Crippen molar-refractivity contribution in [3.8, 4) is 16.9 Å². The van der Waals surface area contributed by atoms with E-state index in [1.165, 1.54) is 23.9 Å². The van der Waals surface area contributed by atoms with Crippen LogP contribution < -0.4 is 15.4 Å². The van der Waals surface area contributed by atoms with E-state index < -0.39 is 17.9 Å². The molecule has 2 aliphatic heterocycles. The first-order chi connectivity index (χ1) is 22.8. The van der Waals surface area contributed by atoms with Crippen molar-refractivity contribution in [1.82, 2.24) is 15.5 Å². The fraction of sp³-hybridized carbons (Fsp3) is 0.417. The number of halogens is 1. The second kappa shape index (κ2) is 17.1. The van der Waals surface area contributed by atoms with Gasteiger partial charge in [0.1, 0.15) is 30.3 Å². The lowest BCUT2D eigenvalue weighted by Crippen LogP contribution is -2.45. The molecule has 0 spiro atoms. The Bertz CT molecular complexity index is 1500. The van der Waals surface area contributed by atoms with Gasteiger partial charge in [-0.25, -0.2) is 9.18 Å². The van der Waals surface area contributed by atoms with Gasteiger partial charge < -0.3 is 25.0 Å². The van der Waals surface area contributed by atoms with E-state index in [1.54, 1.807) is 42.1 Å². The molecule has 47 heavy (non-hydrogen) atoms. The molecule has 3 aromatic carbocycles. The molecule has 2 saturated heterocycles. The van der Waals surface area contributed by atoms with E-state index in [9.17, 15) is 18.8 Å². The van der Waals surface area contributed by atoms with Crippen molar-refractivity contribution in [1.29, 1.82) is 0 Å². The minimum atomic E-state index is -0.792. The van der Waals surface area contributed by atoms with Gasteiger partial charge in [0.2, 0.25) is 5.12 Å². The van der Waals surface area contributed by atoms with Gasteiger partial charge >= 0.3 is 5.97 Å². The minimum absolute atomic E-state index is 0.0566. The van der Waals surface area contributed by atoms with Crippen molar-refractivity contribution in [2.24, 2.45) is 0 Å². The van der Waals surface area contributed by atoms with Gasteiger partial charge in [0.15, 0.2) is 0 Å². The quantitative estimate of drug-likeness (QED) is 0.222. The predicted octanol–water partition coefficient (Wildman–Crippen LogP) is 5.66. The molecule has 1 amide bonds. The Labute approximate surface area is 284 Å². The fourth-order valence-corrected chi connectivity index (χ4v) is 7.29. The van der Waals surface area contributed by atoms with Gasteiger partial charge in [-0.2, -0.15) is 11.8 Å². The number of rotatable bonds is 13. The summed E-state index contributed by atoms with van der Waals surface area (Å²) in [5, 5.41) is 6.57. The zero-order valence-electron chi connectivity index (χ0n) is 26.8. The topological polar surface area (TPSA) is 97.0 Å². The number of amides is 1.